The van der Waals surface area contributed by atoms with E-state index in [1.807, 2.05) is 6.92 Å². The van der Waals surface area contributed by atoms with Gasteiger partial charge in [0, 0.05) is 23.1 Å². The smallest absolute Gasteiger partial charge is 0.264 e. The van der Waals surface area contributed by atoms with Gasteiger partial charge in [-0.15, -0.1) is 0 Å². The van der Waals surface area contributed by atoms with Crippen LogP contribution < -0.4 is 9.62 Å². The van der Waals surface area contributed by atoms with Crippen LogP contribution in [0.15, 0.2) is 77.7 Å². The van der Waals surface area contributed by atoms with Gasteiger partial charge in [0.25, 0.3) is 10.0 Å². The van der Waals surface area contributed by atoms with E-state index in [1.54, 1.807) is 49.4 Å². The van der Waals surface area contributed by atoms with E-state index in [1.165, 1.54) is 35.2 Å². The summed E-state index contributed by atoms with van der Waals surface area (Å²) in [6.45, 7) is 3.78. The minimum absolute atomic E-state index is 0.0116. The number of hydrogen-bond acceptors (Lipinski definition) is 4. The molecule has 0 aliphatic carbocycles. The van der Waals surface area contributed by atoms with E-state index < -0.39 is 28.5 Å². The monoisotopic (exact) mass is 623 g/mol. The Kier molecular flexibility index (Phi) is 11.7. The Labute approximate surface area is 251 Å². The van der Waals surface area contributed by atoms with Crippen LogP contribution in [0.2, 0.25) is 15.1 Å². The van der Waals surface area contributed by atoms with Crippen LogP contribution in [0, 0.1) is 0 Å². The van der Waals surface area contributed by atoms with Gasteiger partial charge in [-0.25, -0.2) is 8.42 Å². The number of carbonyl (C=O) groups is 2. The molecule has 7 nitrogen and oxygen atoms in total. The lowest BCUT2D eigenvalue weighted by Gasteiger charge is -2.33. The number of nitrogens with zero attached hydrogens (tertiary/aromatic N) is 2. The average Bonchev–Trinajstić information content (AvgIpc) is 2.93. The van der Waals surface area contributed by atoms with E-state index in [-0.39, 0.29) is 28.1 Å². The normalized spacial score (nSPS) is 12.0. The molecule has 2 amide bonds. The van der Waals surface area contributed by atoms with Crippen LogP contribution in [0.25, 0.3) is 0 Å². The Morgan fingerprint density at radius 3 is 2.15 bits per heavy atom. The van der Waals surface area contributed by atoms with E-state index >= 15 is 0 Å². The Morgan fingerprint density at radius 2 is 1.55 bits per heavy atom. The largest absolute Gasteiger partial charge is 0.354 e. The maximum atomic E-state index is 14.0. The lowest BCUT2D eigenvalue weighted by Crippen LogP contribution is -2.52. The van der Waals surface area contributed by atoms with Gasteiger partial charge >= 0.3 is 0 Å². The molecule has 3 rings (SSSR count). The van der Waals surface area contributed by atoms with Crippen LogP contribution in [0.4, 0.5) is 5.69 Å². The van der Waals surface area contributed by atoms with E-state index in [0.717, 1.165) is 22.7 Å². The van der Waals surface area contributed by atoms with Gasteiger partial charge < -0.3 is 10.2 Å². The summed E-state index contributed by atoms with van der Waals surface area (Å²) in [5.74, 6) is -0.877. The molecular weight excluding hydrogens is 593 g/mol. The van der Waals surface area contributed by atoms with Gasteiger partial charge in [-0.1, -0.05) is 85.4 Å². The number of carbonyl (C=O) groups excluding carboxylic acids is 2. The van der Waals surface area contributed by atoms with E-state index in [4.69, 9.17) is 34.8 Å². The van der Waals surface area contributed by atoms with Gasteiger partial charge in [-0.05, 0) is 60.9 Å². The quantitative estimate of drug-likeness (QED) is 0.218. The molecule has 0 aromatic heterocycles. The maximum Gasteiger partial charge on any atom is 0.264 e. The summed E-state index contributed by atoms with van der Waals surface area (Å²) < 4.78 is 28.6. The Bertz CT molecular complexity index is 1400. The minimum atomic E-state index is -4.23. The van der Waals surface area contributed by atoms with Gasteiger partial charge in [0.05, 0.1) is 15.6 Å². The van der Waals surface area contributed by atoms with Crippen molar-refractivity contribution in [1.82, 2.24) is 10.2 Å². The zero-order valence-electron chi connectivity index (χ0n) is 22.3. The number of hydrogen-bond donors (Lipinski definition) is 1. The van der Waals surface area contributed by atoms with Crippen molar-refractivity contribution in [3.8, 4) is 0 Å². The summed E-state index contributed by atoms with van der Waals surface area (Å²) in [6.07, 6.45) is 2.02. The number of benzene rings is 3. The fraction of sp³-hybridized carbons (Fsp3) is 0.310. The Morgan fingerprint density at radius 1 is 0.900 bits per heavy atom. The predicted molar refractivity (Wildman–Crippen MR) is 161 cm³/mol. The zero-order chi connectivity index (χ0) is 29.3. The second-order valence-corrected chi connectivity index (χ2v) is 12.3. The lowest BCUT2D eigenvalue weighted by atomic mass is 10.1. The highest BCUT2D eigenvalue weighted by molar-refractivity contribution is 7.92. The summed E-state index contributed by atoms with van der Waals surface area (Å²) in [4.78, 5) is 28.6. The van der Waals surface area contributed by atoms with Crippen LogP contribution in [0.1, 0.15) is 38.7 Å². The third kappa shape index (κ3) is 8.13. The molecule has 0 radical (unpaired) electrons. The van der Waals surface area contributed by atoms with Gasteiger partial charge in [0.15, 0.2) is 0 Å². The van der Waals surface area contributed by atoms with E-state index in [0.29, 0.717) is 23.0 Å². The molecule has 3 aromatic rings. The topological polar surface area (TPSA) is 86.8 Å². The van der Waals surface area contributed by atoms with Crippen LogP contribution >= 0.6 is 34.8 Å². The molecule has 0 saturated heterocycles. The molecule has 0 aliphatic rings. The molecule has 3 aromatic carbocycles. The molecule has 0 bridgehead atoms. The van der Waals surface area contributed by atoms with Crippen molar-refractivity contribution in [2.45, 2.75) is 50.6 Å². The number of halogens is 3. The zero-order valence-corrected chi connectivity index (χ0v) is 25.4. The van der Waals surface area contributed by atoms with Crippen molar-refractivity contribution in [3.63, 3.8) is 0 Å². The molecule has 0 saturated carbocycles. The van der Waals surface area contributed by atoms with Crippen LogP contribution in [-0.4, -0.2) is 44.3 Å². The van der Waals surface area contributed by atoms with Crippen LogP contribution in [-0.2, 0) is 26.2 Å². The number of sulfonamides is 1. The SMILES string of the molecule is CCCCNC(=O)C(CC)N(Cc1ccc(Cl)cc1)C(=O)CN(c1ccc(Cl)cc1Cl)S(=O)(=O)c1ccccc1. The number of rotatable bonds is 13. The van der Waals surface area contributed by atoms with Gasteiger partial charge in [-0.3, -0.25) is 13.9 Å². The number of nitrogens with one attached hydrogen (secondary N) is 1. The molecule has 214 valence electrons. The summed E-state index contributed by atoms with van der Waals surface area (Å²) in [5.41, 5.74) is 0.828. The molecule has 1 N–H and O–H groups in total. The van der Waals surface area contributed by atoms with E-state index in [2.05, 4.69) is 5.32 Å². The standard InChI is InChI=1S/C29H32Cl3N3O4S/c1-3-5-17-33-29(37)26(4-2)34(19-21-11-13-22(30)14-12-21)28(36)20-35(27-16-15-23(31)18-25(27)32)40(38,39)24-9-7-6-8-10-24/h6-16,18,26H,3-5,17,19-20H2,1-2H3,(H,33,37). The van der Waals surface area contributed by atoms with Crippen LogP contribution in [0.5, 0.6) is 0 Å². The first-order chi connectivity index (χ1) is 19.1. The minimum Gasteiger partial charge on any atom is -0.354 e. The summed E-state index contributed by atoms with van der Waals surface area (Å²) in [5, 5.41) is 3.81. The molecule has 0 heterocycles. The highest BCUT2D eigenvalue weighted by Crippen LogP contribution is 2.33. The fourth-order valence-electron chi connectivity index (χ4n) is 4.13. The highest BCUT2D eigenvalue weighted by Gasteiger charge is 2.34. The first kappa shape index (κ1) is 31.7. The predicted octanol–water partition coefficient (Wildman–Crippen LogP) is 6.57. The Balaban J connectivity index is 2.05. The van der Waals surface area contributed by atoms with Gasteiger partial charge in [-0.2, -0.15) is 0 Å². The second kappa shape index (κ2) is 14.7. The molecule has 0 aliphatic heterocycles. The lowest BCUT2D eigenvalue weighted by molar-refractivity contribution is -0.140. The van der Waals surface area contributed by atoms with Crippen LogP contribution in [0.3, 0.4) is 0 Å². The van der Waals surface area contributed by atoms with Crippen molar-refractivity contribution in [2.75, 3.05) is 17.4 Å². The molecular formula is C29H32Cl3N3O4S. The summed E-state index contributed by atoms with van der Waals surface area (Å²) in [6, 6.07) is 18.2. The molecule has 1 unspecified atom stereocenters. The maximum absolute atomic E-state index is 14.0. The average molecular weight is 625 g/mol. The molecule has 0 spiro atoms. The number of amides is 2. The first-order valence-electron chi connectivity index (χ1n) is 12.9. The third-order valence-corrected chi connectivity index (χ3v) is 8.83. The van der Waals surface area contributed by atoms with Crippen molar-refractivity contribution < 1.29 is 18.0 Å². The molecule has 11 heteroatoms. The van der Waals surface area contributed by atoms with Crippen molar-refractivity contribution in [1.29, 1.82) is 0 Å². The number of anilines is 1. The summed E-state index contributed by atoms with van der Waals surface area (Å²) in [7, 11) is -4.23. The second-order valence-electron chi connectivity index (χ2n) is 9.14. The molecule has 1 atom stereocenters. The van der Waals surface area contributed by atoms with Gasteiger partial charge in [0.2, 0.25) is 11.8 Å². The molecule has 0 fully saturated rings. The van der Waals surface area contributed by atoms with Crippen molar-refractivity contribution in [2.24, 2.45) is 0 Å². The van der Waals surface area contributed by atoms with Crippen molar-refractivity contribution in [3.05, 3.63) is 93.4 Å². The number of unbranched alkanes of at least 4 members (excludes halogenated alkanes) is 1. The highest BCUT2D eigenvalue weighted by atomic mass is 35.5. The molecule has 40 heavy (non-hydrogen) atoms. The van der Waals surface area contributed by atoms with E-state index in [9.17, 15) is 18.0 Å². The van der Waals surface area contributed by atoms with Crippen molar-refractivity contribution >= 4 is 62.3 Å². The first-order valence-corrected chi connectivity index (χ1v) is 15.5. The van der Waals surface area contributed by atoms with Gasteiger partial charge in [0.1, 0.15) is 12.6 Å². The summed E-state index contributed by atoms with van der Waals surface area (Å²) >= 11 is 18.6. The fourth-order valence-corrected chi connectivity index (χ4v) is 6.27. The third-order valence-electron chi connectivity index (χ3n) is 6.27. The Hall–Kier alpha value is -2.78.